The Labute approximate surface area is 137 Å². The first kappa shape index (κ1) is 15.8. The van der Waals surface area contributed by atoms with E-state index in [-0.39, 0.29) is 19.3 Å². The van der Waals surface area contributed by atoms with Crippen molar-refractivity contribution < 1.29 is 23.5 Å². The molecule has 1 aliphatic heterocycles. The molecule has 0 saturated heterocycles. The summed E-state index contributed by atoms with van der Waals surface area (Å²) in [4.78, 5) is 23.6. The number of carbonyl (C=O) groups excluding carboxylic acids is 2. The summed E-state index contributed by atoms with van der Waals surface area (Å²) in [6.45, 7) is 0.404. The van der Waals surface area contributed by atoms with Crippen molar-refractivity contribution in [2.45, 2.75) is 6.10 Å². The molecule has 124 valence electrons. The number of hydrogen-bond acceptors (Lipinski definition) is 4. The quantitative estimate of drug-likeness (QED) is 0.840. The van der Waals surface area contributed by atoms with Crippen LogP contribution in [0.4, 0.5) is 10.1 Å². The van der Waals surface area contributed by atoms with Crippen LogP contribution in [0.25, 0.3) is 0 Å². The standard InChI is InChI=1S/C17H15FN2O4/c18-11-5-7-12(8-6-11)20-17(22)16(21)19-9-13-10-23-14-3-1-2-4-15(14)24-13/h1-8,13H,9-10H2,(H,19,21)(H,20,22). The van der Waals surface area contributed by atoms with Gasteiger partial charge in [-0.3, -0.25) is 9.59 Å². The first-order chi connectivity index (χ1) is 11.6. The smallest absolute Gasteiger partial charge is 0.313 e. The highest BCUT2D eigenvalue weighted by atomic mass is 19.1. The Hall–Kier alpha value is -3.09. The largest absolute Gasteiger partial charge is 0.486 e. The molecule has 0 aromatic heterocycles. The van der Waals surface area contributed by atoms with Crippen LogP contribution in [0.5, 0.6) is 11.5 Å². The Morgan fingerprint density at radius 1 is 1.04 bits per heavy atom. The summed E-state index contributed by atoms with van der Waals surface area (Å²) < 4.78 is 24.0. The van der Waals surface area contributed by atoms with Crippen molar-refractivity contribution in [1.82, 2.24) is 5.32 Å². The zero-order valence-electron chi connectivity index (χ0n) is 12.6. The van der Waals surface area contributed by atoms with Gasteiger partial charge in [-0.1, -0.05) is 12.1 Å². The van der Waals surface area contributed by atoms with Gasteiger partial charge in [-0.2, -0.15) is 0 Å². The van der Waals surface area contributed by atoms with Gasteiger partial charge in [0.1, 0.15) is 18.5 Å². The maximum absolute atomic E-state index is 12.8. The lowest BCUT2D eigenvalue weighted by Gasteiger charge is -2.26. The molecule has 2 aromatic carbocycles. The van der Waals surface area contributed by atoms with Crippen molar-refractivity contribution >= 4 is 17.5 Å². The van der Waals surface area contributed by atoms with Crippen molar-refractivity contribution in [1.29, 1.82) is 0 Å². The van der Waals surface area contributed by atoms with Crippen LogP contribution in [0.15, 0.2) is 48.5 Å². The summed E-state index contributed by atoms with van der Waals surface area (Å²) in [6, 6.07) is 12.3. The van der Waals surface area contributed by atoms with E-state index in [0.717, 1.165) is 0 Å². The van der Waals surface area contributed by atoms with E-state index in [9.17, 15) is 14.0 Å². The Morgan fingerprint density at radius 2 is 1.75 bits per heavy atom. The number of fused-ring (bicyclic) bond motifs is 1. The van der Waals surface area contributed by atoms with E-state index in [1.54, 1.807) is 12.1 Å². The third kappa shape index (κ3) is 3.81. The fourth-order valence-corrected chi connectivity index (χ4v) is 2.17. The van der Waals surface area contributed by atoms with Crippen molar-refractivity contribution in [3.05, 3.63) is 54.3 Å². The minimum absolute atomic E-state index is 0.129. The van der Waals surface area contributed by atoms with Gasteiger partial charge in [-0.05, 0) is 36.4 Å². The van der Waals surface area contributed by atoms with E-state index >= 15 is 0 Å². The molecule has 0 fully saturated rings. The second-order valence-electron chi connectivity index (χ2n) is 5.17. The molecule has 6 nitrogen and oxygen atoms in total. The first-order valence-electron chi connectivity index (χ1n) is 7.35. The summed E-state index contributed by atoms with van der Waals surface area (Å²) in [5.41, 5.74) is 0.336. The number of hydrogen-bond donors (Lipinski definition) is 2. The lowest BCUT2D eigenvalue weighted by atomic mass is 10.2. The van der Waals surface area contributed by atoms with E-state index in [0.29, 0.717) is 17.2 Å². The number of para-hydroxylation sites is 2. The predicted molar refractivity (Wildman–Crippen MR) is 84.4 cm³/mol. The summed E-state index contributed by atoms with van der Waals surface area (Å²) in [6.07, 6.45) is -0.387. The minimum atomic E-state index is -0.835. The zero-order valence-corrected chi connectivity index (χ0v) is 12.6. The van der Waals surface area contributed by atoms with E-state index in [4.69, 9.17) is 9.47 Å². The van der Waals surface area contributed by atoms with Gasteiger partial charge in [0.25, 0.3) is 0 Å². The highest BCUT2D eigenvalue weighted by Gasteiger charge is 2.22. The maximum atomic E-state index is 12.8. The third-order valence-electron chi connectivity index (χ3n) is 3.37. The van der Waals surface area contributed by atoms with Crippen LogP contribution in [-0.2, 0) is 9.59 Å². The SMILES string of the molecule is O=C(NCC1COc2ccccc2O1)C(=O)Nc1ccc(F)cc1. The Balaban J connectivity index is 1.49. The zero-order chi connectivity index (χ0) is 16.9. The second-order valence-corrected chi connectivity index (χ2v) is 5.17. The van der Waals surface area contributed by atoms with Crippen molar-refractivity contribution in [2.75, 3.05) is 18.5 Å². The van der Waals surface area contributed by atoms with Gasteiger partial charge in [0.15, 0.2) is 11.5 Å². The van der Waals surface area contributed by atoms with Crippen LogP contribution in [-0.4, -0.2) is 31.1 Å². The van der Waals surface area contributed by atoms with Crippen molar-refractivity contribution in [3.63, 3.8) is 0 Å². The van der Waals surface area contributed by atoms with E-state index in [2.05, 4.69) is 10.6 Å². The molecule has 1 heterocycles. The van der Waals surface area contributed by atoms with E-state index in [1.807, 2.05) is 12.1 Å². The van der Waals surface area contributed by atoms with E-state index < -0.39 is 17.6 Å². The van der Waals surface area contributed by atoms with Crippen molar-refractivity contribution in [3.8, 4) is 11.5 Å². The van der Waals surface area contributed by atoms with Crippen LogP contribution in [0.1, 0.15) is 0 Å². The Morgan fingerprint density at radius 3 is 2.50 bits per heavy atom. The van der Waals surface area contributed by atoms with Gasteiger partial charge in [0, 0.05) is 5.69 Å². The number of nitrogens with one attached hydrogen (secondary N) is 2. The molecule has 2 amide bonds. The number of anilines is 1. The lowest BCUT2D eigenvalue weighted by Crippen LogP contribution is -2.44. The van der Waals surface area contributed by atoms with Crippen LogP contribution in [0.3, 0.4) is 0 Å². The molecular weight excluding hydrogens is 315 g/mol. The van der Waals surface area contributed by atoms with Crippen LogP contribution < -0.4 is 20.1 Å². The molecule has 3 rings (SSSR count). The monoisotopic (exact) mass is 330 g/mol. The lowest BCUT2D eigenvalue weighted by molar-refractivity contribution is -0.136. The molecule has 0 aliphatic carbocycles. The molecule has 0 bridgehead atoms. The number of amides is 2. The Bertz CT molecular complexity index is 749. The van der Waals surface area contributed by atoms with Gasteiger partial charge in [0.2, 0.25) is 0 Å². The predicted octanol–water partition coefficient (Wildman–Crippen LogP) is 1.72. The van der Waals surface area contributed by atoms with Gasteiger partial charge < -0.3 is 20.1 Å². The van der Waals surface area contributed by atoms with E-state index in [1.165, 1.54) is 24.3 Å². The summed E-state index contributed by atoms with van der Waals surface area (Å²) in [5.74, 6) is -0.819. The Kier molecular flexibility index (Phi) is 4.60. The number of halogens is 1. The van der Waals surface area contributed by atoms with Crippen LogP contribution >= 0.6 is 0 Å². The molecule has 1 unspecified atom stereocenters. The first-order valence-corrected chi connectivity index (χ1v) is 7.35. The summed E-state index contributed by atoms with van der Waals surface area (Å²) >= 11 is 0. The molecule has 0 spiro atoms. The number of benzene rings is 2. The molecule has 7 heteroatoms. The van der Waals surface area contributed by atoms with Crippen LogP contribution in [0.2, 0.25) is 0 Å². The fraction of sp³-hybridized carbons (Fsp3) is 0.176. The topological polar surface area (TPSA) is 76.7 Å². The van der Waals surface area contributed by atoms with Crippen molar-refractivity contribution in [2.24, 2.45) is 0 Å². The third-order valence-corrected chi connectivity index (χ3v) is 3.37. The van der Waals surface area contributed by atoms with Gasteiger partial charge >= 0.3 is 11.8 Å². The maximum Gasteiger partial charge on any atom is 0.313 e. The van der Waals surface area contributed by atoms with Gasteiger partial charge in [-0.15, -0.1) is 0 Å². The molecule has 0 saturated carbocycles. The number of rotatable bonds is 3. The molecule has 1 aliphatic rings. The van der Waals surface area contributed by atoms with Crippen LogP contribution in [0, 0.1) is 5.82 Å². The number of ether oxygens (including phenoxy) is 2. The molecule has 2 N–H and O–H groups in total. The number of carbonyl (C=O) groups is 2. The highest BCUT2D eigenvalue weighted by Crippen LogP contribution is 2.30. The highest BCUT2D eigenvalue weighted by molar-refractivity contribution is 6.39. The normalized spacial score (nSPS) is 15.5. The average molecular weight is 330 g/mol. The average Bonchev–Trinajstić information content (AvgIpc) is 2.61. The molecule has 2 aromatic rings. The second kappa shape index (κ2) is 6.99. The molecule has 0 radical (unpaired) electrons. The molecule has 24 heavy (non-hydrogen) atoms. The molecular formula is C17H15FN2O4. The summed E-state index contributed by atoms with van der Waals surface area (Å²) in [7, 11) is 0. The minimum Gasteiger partial charge on any atom is -0.486 e. The fourth-order valence-electron chi connectivity index (χ4n) is 2.17. The van der Waals surface area contributed by atoms with Gasteiger partial charge in [-0.25, -0.2) is 4.39 Å². The molecule has 1 atom stereocenters. The summed E-state index contributed by atoms with van der Waals surface area (Å²) in [5, 5.41) is 4.87. The van der Waals surface area contributed by atoms with Gasteiger partial charge in [0.05, 0.1) is 6.54 Å².